The number of nitrogens with zero attached hydrogens (tertiary/aromatic N) is 2. The molecule has 0 radical (unpaired) electrons. The molecule has 0 saturated carbocycles. The first-order chi connectivity index (χ1) is 11.3. The Morgan fingerprint density at radius 1 is 0.565 bits per heavy atom. The van der Waals surface area contributed by atoms with Gasteiger partial charge in [0.05, 0.1) is 11.0 Å². The summed E-state index contributed by atoms with van der Waals surface area (Å²) in [6.07, 6.45) is 3.62. The zero-order valence-electron chi connectivity index (χ0n) is 12.0. The number of aromatic nitrogens is 2. The van der Waals surface area contributed by atoms with Gasteiger partial charge in [0.15, 0.2) is 0 Å². The largest absolute Gasteiger partial charge is 0.256 e. The molecule has 2 aromatic carbocycles. The minimum Gasteiger partial charge on any atom is -0.256 e. The van der Waals surface area contributed by atoms with Gasteiger partial charge >= 0.3 is 41.0 Å². The van der Waals surface area contributed by atoms with Crippen molar-refractivity contribution in [3.05, 3.63) is 85.2 Å². The Bertz CT molecular complexity index is 653. The van der Waals surface area contributed by atoms with Crippen molar-refractivity contribution in [2.45, 2.75) is 0 Å². The average Bonchev–Trinajstić information content (AvgIpc) is 2.63. The number of halogens is 2. The molecule has 5 heteroatoms. The molecular weight excluding hydrogens is 599 g/mol. The standard InChI is InChI=1S/2C9H7N.2BrH.Pt/c2*1-2-6-9-8(4-1)5-3-7-10-9;;;/h2*1-7H;2*1H;/q;;;;+2/p-2. The van der Waals surface area contributed by atoms with Crippen LogP contribution in [0, 0.1) is 0 Å². The van der Waals surface area contributed by atoms with Gasteiger partial charge in [0.2, 0.25) is 0 Å². The van der Waals surface area contributed by atoms with E-state index in [-0.39, 0.29) is 14.5 Å². The van der Waals surface area contributed by atoms with E-state index < -0.39 is 0 Å². The number of hydrogen-bond acceptors (Lipinski definition) is 2. The summed E-state index contributed by atoms with van der Waals surface area (Å²) in [7, 11) is 0. The van der Waals surface area contributed by atoms with Crippen LogP contribution in [0.5, 0.6) is 0 Å². The van der Waals surface area contributed by atoms with Crippen molar-refractivity contribution in [3.63, 3.8) is 0 Å². The number of hydrogen-bond donors (Lipinski definition) is 0. The van der Waals surface area contributed by atoms with E-state index in [9.17, 15) is 0 Å². The number of benzene rings is 2. The fourth-order valence-corrected chi connectivity index (χ4v) is 2.03. The molecule has 0 bridgehead atoms. The maximum atomic E-state index is 4.18. The van der Waals surface area contributed by atoms with Crippen LogP contribution in [0.15, 0.2) is 85.2 Å². The Morgan fingerprint density at radius 2 is 0.913 bits per heavy atom. The van der Waals surface area contributed by atoms with Crippen molar-refractivity contribution in [1.29, 1.82) is 0 Å². The predicted molar refractivity (Wildman–Crippen MR) is 101 cm³/mol. The van der Waals surface area contributed by atoms with Crippen molar-refractivity contribution >= 4 is 48.4 Å². The number of fused-ring (bicyclic) bond motifs is 2. The van der Waals surface area contributed by atoms with Crippen molar-refractivity contribution in [1.82, 2.24) is 9.97 Å². The van der Waals surface area contributed by atoms with Crippen molar-refractivity contribution in [3.8, 4) is 0 Å². The zero-order chi connectivity index (χ0) is 16.3. The fraction of sp³-hybridized carbons (Fsp3) is 0. The number of rotatable bonds is 0. The summed E-state index contributed by atoms with van der Waals surface area (Å²) in [4.78, 5) is 8.36. The molecule has 0 aliphatic rings. The third-order valence-corrected chi connectivity index (χ3v) is 3.02. The van der Waals surface area contributed by atoms with E-state index in [1.807, 2.05) is 60.9 Å². The van der Waals surface area contributed by atoms with Crippen LogP contribution in [-0.4, -0.2) is 9.97 Å². The molecule has 2 heterocycles. The minimum absolute atomic E-state index is 0.208. The summed E-state index contributed by atoms with van der Waals surface area (Å²) in [6.45, 7) is 0. The zero-order valence-corrected chi connectivity index (χ0v) is 17.5. The van der Waals surface area contributed by atoms with Crippen LogP contribution in [0.4, 0.5) is 0 Å². The van der Waals surface area contributed by atoms with Gasteiger partial charge in [-0.1, -0.05) is 48.5 Å². The molecule has 0 atom stereocenters. The third-order valence-electron chi connectivity index (χ3n) is 3.02. The Labute approximate surface area is 157 Å². The molecule has 4 aromatic rings. The maximum absolute atomic E-state index is 4.18. The summed E-state index contributed by atoms with van der Waals surface area (Å²) in [5.74, 6) is 0. The topological polar surface area (TPSA) is 25.8 Å². The molecule has 0 aliphatic carbocycles. The van der Waals surface area contributed by atoms with Crippen molar-refractivity contribution in [2.75, 3.05) is 0 Å². The normalized spacial score (nSPS) is 9.65. The molecule has 4 rings (SSSR count). The van der Waals surface area contributed by atoms with Crippen molar-refractivity contribution in [2.24, 2.45) is 0 Å². The molecule has 0 aliphatic heterocycles. The van der Waals surface area contributed by atoms with E-state index in [2.05, 4.69) is 60.8 Å². The van der Waals surface area contributed by atoms with E-state index in [0.717, 1.165) is 11.0 Å². The molecule has 0 amide bonds. The van der Waals surface area contributed by atoms with Gasteiger partial charge in [-0.3, -0.25) is 9.97 Å². The monoisotopic (exact) mass is 611 g/mol. The van der Waals surface area contributed by atoms with Crippen LogP contribution >= 0.6 is 26.6 Å². The second kappa shape index (κ2) is 10.6. The molecular formula is C18H14Br2N2Pt. The summed E-state index contributed by atoms with van der Waals surface area (Å²) < 4.78 is 0. The quantitative estimate of drug-likeness (QED) is 0.238. The van der Waals surface area contributed by atoms with Crippen LogP contribution in [-0.2, 0) is 14.5 Å². The molecule has 0 unspecified atom stereocenters. The van der Waals surface area contributed by atoms with Crippen LogP contribution in [0.25, 0.3) is 21.8 Å². The average molecular weight is 613 g/mol. The molecule has 120 valence electrons. The Morgan fingerprint density at radius 3 is 1.30 bits per heavy atom. The first-order valence-corrected chi connectivity index (χ1v) is 16.7. The molecule has 2 nitrogen and oxygen atoms in total. The van der Waals surface area contributed by atoms with Crippen LogP contribution in [0.1, 0.15) is 0 Å². The third kappa shape index (κ3) is 6.13. The van der Waals surface area contributed by atoms with Gasteiger partial charge in [0.25, 0.3) is 0 Å². The van der Waals surface area contributed by atoms with E-state index >= 15 is 0 Å². The van der Waals surface area contributed by atoms with Gasteiger partial charge in [0.1, 0.15) is 0 Å². The van der Waals surface area contributed by atoms with Crippen molar-refractivity contribution < 1.29 is 14.5 Å². The summed E-state index contributed by atoms with van der Waals surface area (Å²) >= 11 is 6.56. The Kier molecular flexibility index (Phi) is 8.44. The second-order valence-corrected chi connectivity index (χ2v) is 14.4. The van der Waals surface area contributed by atoms with E-state index in [0.29, 0.717) is 0 Å². The van der Waals surface area contributed by atoms with Crippen LogP contribution in [0.2, 0.25) is 0 Å². The van der Waals surface area contributed by atoms with Gasteiger partial charge < -0.3 is 0 Å². The summed E-state index contributed by atoms with van der Waals surface area (Å²) in [5.41, 5.74) is 2.12. The Hall–Kier alpha value is -1.09. The number of para-hydroxylation sites is 2. The Balaban J connectivity index is 0.000000143. The first-order valence-electron chi connectivity index (χ1n) is 6.77. The van der Waals surface area contributed by atoms with E-state index in [1.54, 1.807) is 0 Å². The van der Waals surface area contributed by atoms with E-state index in [4.69, 9.17) is 0 Å². The van der Waals surface area contributed by atoms with Gasteiger partial charge in [-0.15, -0.1) is 0 Å². The van der Waals surface area contributed by atoms with Gasteiger partial charge in [-0.05, 0) is 24.3 Å². The van der Waals surface area contributed by atoms with Crippen LogP contribution < -0.4 is 0 Å². The fourth-order valence-electron chi connectivity index (χ4n) is 2.03. The number of pyridine rings is 2. The van der Waals surface area contributed by atoms with Crippen LogP contribution in [0.3, 0.4) is 0 Å². The van der Waals surface area contributed by atoms with Gasteiger partial charge in [-0.25, -0.2) is 0 Å². The van der Waals surface area contributed by atoms with Gasteiger partial charge in [-0.2, -0.15) is 0 Å². The molecule has 0 N–H and O–H groups in total. The summed E-state index contributed by atoms with van der Waals surface area (Å²) in [6, 6.07) is 24.2. The predicted octanol–water partition coefficient (Wildman–Crippen LogP) is 6.16. The smallest absolute Gasteiger partial charge is 0.0701 e. The minimum atomic E-state index is 0.208. The first kappa shape index (κ1) is 18.2. The molecule has 2 aromatic heterocycles. The second-order valence-electron chi connectivity index (χ2n) is 4.44. The van der Waals surface area contributed by atoms with Gasteiger partial charge in [0, 0.05) is 23.2 Å². The molecule has 23 heavy (non-hydrogen) atoms. The van der Waals surface area contributed by atoms with E-state index in [1.165, 1.54) is 10.8 Å². The molecule has 0 fully saturated rings. The summed E-state index contributed by atoms with van der Waals surface area (Å²) in [5, 5.41) is 2.40. The maximum Gasteiger partial charge on any atom is 0.0701 e. The molecule has 0 spiro atoms. The molecule has 0 saturated heterocycles. The SMILES string of the molecule is [Br][Pt][Br].c1ccc2ncccc2c1.c1ccc2ncccc2c1.